The van der Waals surface area contributed by atoms with Crippen LogP contribution in [-0.2, 0) is 0 Å². The van der Waals surface area contributed by atoms with E-state index in [4.69, 9.17) is 10.3 Å². The van der Waals surface area contributed by atoms with Crippen LogP contribution in [0.2, 0.25) is 0 Å². The standard InChI is InChI=1S/C13H16N2O/c1-9-5-6-11(8-10(9)2)13(15-14)12-4-3-7-16-12/h3-8,13,15H,14H2,1-2H3. The Balaban J connectivity index is 2.37. The summed E-state index contributed by atoms with van der Waals surface area (Å²) in [7, 11) is 0. The van der Waals surface area contributed by atoms with Crippen molar-refractivity contribution in [1.29, 1.82) is 0 Å². The lowest BCUT2D eigenvalue weighted by molar-refractivity contribution is 0.452. The summed E-state index contributed by atoms with van der Waals surface area (Å²) >= 11 is 0. The van der Waals surface area contributed by atoms with Gasteiger partial charge >= 0.3 is 0 Å². The molecule has 2 aromatic rings. The van der Waals surface area contributed by atoms with Gasteiger partial charge in [-0.05, 0) is 42.7 Å². The predicted molar refractivity (Wildman–Crippen MR) is 63.8 cm³/mol. The number of benzene rings is 1. The third-order valence-electron chi connectivity index (χ3n) is 2.86. The van der Waals surface area contributed by atoms with Crippen molar-refractivity contribution in [3.8, 4) is 0 Å². The van der Waals surface area contributed by atoms with Gasteiger partial charge in [0.05, 0.1) is 6.26 Å². The number of hydrazine groups is 1. The van der Waals surface area contributed by atoms with E-state index in [-0.39, 0.29) is 6.04 Å². The second kappa shape index (κ2) is 4.51. The molecule has 0 bridgehead atoms. The van der Waals surface area contributed by atoms with E-state index in [0.717, 1.165) is 11.3 Å². The van der Waals surface area contributed by atoms with E-state index in [2.05, 4.69) is 37.5 Å². The quantitative estimate of drug-likeness (QED) is 0.612. The van der Waals surface area contributed by atoms with E-state index in [1.807, 2.05) is 12.1 Å². The molecule has 1 unspecified atom stereocenters. The van der Waals surface area contributed by atoms with Crippen LogP contribution in [0.25, 0.3) is 0 Å². The monoisotopic (exact) mass is 216 g/mol. The number of hydrogen-bond donors (Lipinski definition) is 2. The highest BCUT2D eigenvalue weighted by atomic mass is 16.3. The van der Waals surface area contributed by atoms with E-state index in [1.54, 1.807) is 6.26 Å². The third-order valence-corrected chi connectivity index (χ3v) is 2.86. The molecule has 1 heterocycles. The van der Waals surface area contributed by atoms with Crippen LogP contribution >= 0.6 is 0 Å². The van der Waals surface area contributed by atoms with Gasteiger partial charge in [0.15, 0.2) is 0 Å². The molecule has 0 saturated heterocycles. The van der Waals surface area contributed by atoms with Crippen LogP contribution < -0.4 is 11.3 Å². The Labute approximate surface area is 95.2 Å². The Morgan fingerprint density at radius 1 is 1.19 bits per heavy atom. The highest BCUT2D eigenvalue weighted by Crippen LogP contribution is 2.23. The lowest BCUT2D eigenvalue weighted by Crippen LogP contribution is -2.28. The smallest absolute Gasteiger partial charge is 0.126 e. The molecule has 0 aliphatic heterocycles. The number of nitrogens with one attached hydrogen (secondary N) is 1. The summed E-state index contributed by atoms with van der Waals surface area (Å²) in [6.45, 7) is 4.19. The molecule has 2 rings (SSSR count). The topological polar surface area (TPSA) is 51.2 Å². The third kappa shape index (κ3) is 2.01. The molecule has 0 aliphatic rings. The van der Waals surface area contributed by atoms with Gasteiger partial charge in [0.1, 0.15) is 11.8 Å². The van der Waals surface area contributed by atoms with Crippen LogP contribution in [0.4, 0.5) is 0 Å². The first kappa shape index (κ1) is 10.9. The van der Waals surface area contributed by atoms with Gasteiger partial charge in [-0.1, -0.05) is 18.2 Å². The molecule has 3 N–H and O–H groups in total. The van der Waals surface area contributed by atoms with Crippen molar-refractivity contribution < 1.29 is 4.42 Å². The average Bonchev–Trinajstić information content (AvgIpc) is 2.78. The zero-order valence-corrected chi connectivity index (χ0v) is 9.53. The summed E-state index contributed by atoms with van der Waals surface area (Å²) in [6, 6.07) is 9.98. The van der Waals surface area contributed by atoms with Gasteiger partial charge in [0.25, 0.3) is 0 Å². The Morgan fingerprint density at radius 3 is 2.56 bits per heavy atom. The van der Waals surface area contributed by atoms with Crippen molar-refractivity contribution in [3.05, 3.63) is 59.0 Å². The molecule has 1 aromatic heterocycles. The molecule has 84 valence electrons. The van der Waals surface area contributed by atoms with Gasteiger partial charge in [-0.15, -0.1) is 0 Å². The fourth-order valence-electron chi connectivity index (χ4n) is 1.74. The highest BCUT2D eigenvalue weighted by molar-refractivity contribution is 5.34. The van der Waals surface area contributed by atoms with Crippen molar-refractivity contribution in [2.24, 2.45) is 5.84 Å². The summed E-state index contributed by atoms with van der Waals surface area (Å²) in [5.74, 6) is 6.40. The van der Waals surface area contributed by atoms with Crippen molar-refractivity contribution in [3.63, 3.8) is 0 Å². The summed E-state index contributed by atoms with van der Waals surface area (Å²) < 4.78 is 5.37. The zero-order valence-electron chi connectivity index (χ0n) is 9.53. The Morgan fingerprint density at radius 2 is 2.00 bits per heavy atom. The van der Waals surface area contributed by atoms with Crippen LogP contribution in [0.5, 0.6) is 0 Å². The first-order valence-electron chi connectivity index (χ1n) is 5.29. The molecule has 1 aromatic carbocycles. The number of hydrogen-bond acceptors (Lipinski definition) is 3. The average molecular weight is 216 g/mol. The van der Waals surface area contributed by atoms with Crippen molar-refractivity contribution in [2.75, 3.05) is 0 Å². The fourth-order valence-corrected chi connectivity index (χ4v) is 1.74. The first-order chi connectivity index (χ1) is 7.72. The lowest BCUT2D eigenvalue weighted by atomic mass is 10.00. The summed E-state index contributed by atoms with van der Waals surface area (Å²) in [6.07, 6.45) is 1.65. The van der Waals surface area contributed by atoms with E-state index >= 15 is 0 Å². The number of rotatable bonds is 3. The van der Waals surface area contributed by atoms with E-state index < -0.39 is 0 Å². The van der Waals surface area contributed by atoms with Gasteiger partial charge in [-0.3, -0.25) is 5.84 Å². The fraction of sp³-hybridized carbons (Fsp3) is 0.231. The number of furan rings is 1. The Bertz CT molecular complexity index is 463. The van der Waals surface area contributed by atoms with Crippen LogP contribution in [0.1, 0.15) is 28.5 Å². The second-order valence-electron chi connectivity index (χ2n) is 3.96. The Hall–Kier alpha value is -1.58. The molecule has 0 fully saturated rings. The normalized spacial score (nSPS) is 12.7. The maximum atomic E-state index is 5.57. The van der Waals surface area contributed by atoms with E-state index in [0.29, 0.717) is 0 Å². The predicted octanol–water partition coefficient (Wildman–Crippen LogP) is 2.45. The largest absolute Gasteiger partial charge is 0.467 e. The summed E-state index contributed by atoms with van der Waals surface area (Å²) in [5, 5.41) is 0. The van der Waals surface area contributed by atoms with Gasteiger partial charge in [0.2, 0.25) is 0 Å². The maximum Gasteiger partial charge on any atom is 0.126 e. The molecule has 3 heteroatoms. The molecule has 1 atom stereocenters. The molecule has 0 radical (unpaired) electrons. The molecule has 0 spiro atoms. The van der Waals surface area contributed by atoms with Crippen LogP contribution in [-0.4, -0.2) is 0 Å². The Kier molecular flexibility index (Phi) is 3.08. The molecule has 0 amide bonds. The number of nitrogens with two attached hydrogens (primary N) is 1. The van der Waals surface area contributed by atoms with Crippen molar-refractivity contribution in [1.82, 2.24) is 5.43 Å². The van der Waals surface area contributed by atoms with Crippen LogP contribution in [0.3, 0.4) is 0 Å². The maximum absolute atomic E-state index is 5.57. The zero-order chi connectivity index (χ0) is 11.5. The van der Waals surface area contributed by atoms with Gasteiger partial charge in [0, 0.05) is 0 Å². The van der Waals surface area contributed by atoms with Crippen molar-refractivity contribution in [2.45, 2.75) is 19.9 Å². The lowest BCUT2D eigenvalue weighted by Gasteiger charge is -2.15. The van der Waals surface area contributed by atoms with E-state index in [9.17, 15) is 0 Å². The van der Waals surface area contributed by atoms with Gasteiger partial charge in [-0.2, -0.15) is 0 Å². The van der Waals surface area contributed by atoms with Crippen LogP contribution in [0.15, 0.2) is 41.0 Å². The molecular weight excluding hydrogens is 200 g/mol. The minimum atomic E-state index is -0.0886. The molecule has 16 heavy (non-hydrogen) atoms. The highest BCUT2D eigenvalue weighted by Gasteiger charge is 2.15. The minimum absolute atomic E-state index is 0.0886. The van der Waals surface area contributed by atoms with Gasteiger partial charge in [-0.25, -0.2) is 5.43 Å². The SMILES string of the molecule is Cc1ccc(C(NN)c2ccco2)cc1C. The van der Waals surface area contributed by atoms with Crippen LogP contribution in [0, 0.1) is 13.8 Å². The molecule has 0 aliphatic carbocycles. The number of aryl methyl sites for hydroxylation is 2. The molecular formula is C13H16N2O. The first-order valence-corrected chi connectivity index (χ1v) is 5.29. The second-order valence-corrected chi connectivity index (χ2v) is 3.96. The minimum Gasteiger partial charge on any atom is -0.467 e. The summed E-state index contributed by atoms with van der Waals surface area (Å²) in [4.78, 5) is 0. The van der Waals surface area contributed by atoms with Gasteiger partial charge < -0.3 is 4.42 Å². The molecule has 0 saturated carbocycles. The van der Waals surface area contributed by atoms with E-state index in [1.165, 1.54) is 11.1 Å². The molecule has 3 nitrogen and oxygen atoms in total. The van der Waals surface area contributed by atoms with Crippen molar-refractivity contribution >= 4 is 0 Å². The summed E-state index contributed by atoms with van der Waals surface area (Å²) in [5.41, 5.74) is 6.42.